The minimum absolute atomic E-state index is 0.173. The first-order valence-electron chi connectivity index (χ1n) is 18.9. The molecule has 0 aliphatic heterocycles. The molecule has 54 heavy (non-hydrogen) atoms. The second kappa shape index (κ2) is 12.8. The van der Waals surface area contributed by atoms with E-state index in [0.717, 1.165) is 17.1 Å². The maximum atomic E-state index is 2.45. The third-order valence-electron chi connectivity index (χ3n) is 11.5. The Morgan fingerprint density at radius 3 is 1.76 bits per heavy atom. The topological polar surface area (TPSA) is 3.24 Å². The lowest BCUT2D eigenvalue weighted by molar-refractivity contribution is 0.660. The van der Waals surface area contributed by atoms with Crippen molar-refractivity contribution in [2.24, 2.45) is 0 Å². The second-order valence-electron chi connectivity index (χ2n) is 14.9. The zero-order chi connectivity index (χ0) is 36.2. The van der Waals surface area contributed by atoms with Gasteiger partial charge in [-0.25, -0.2) is 0 Å². The first-order valence-corrected chi connectivity index (χ1v) is 18.9. The van der Waals surface area contributed by atoms with Crippen LogP contribution in [0, 0.1) is 0 Å². The van der Waals surface area contributed by atoms with Gasteiger partial charge in [-0.3, -0.25) is 0 Å². The predicted molar refractivity (Wildman–Crippen MR) is 230 cm³/mol. The van der Waals surface area contributed by atoms with Crippen molar-refractivity contribution in [2.45, 2.75) is 19.3 Å². The molecule has 0 unspecified atom stereocenters. The Balaban J connectivity index is 1.21. The summed E-state index contributed by atoms with van der Waals surface area (Å²) in [5, 5.41) is 4.98. The van der Waals surface area contributed by atoms with E-state index < -0.39 is 0 Å². The SMILES string of the molecule is CC1(C)c2cc(N(c3ccccc3)c3ccccc3-c3ccc4ccccc4c3-c3cccc4ccccc34)ccc2-c2c(-c3ccccc3)cccc21. The Morgan fingerprint density at radius 1 is 0.352 bits per heavy atom. The van der Waals surface area contributed by atoms with Crippen LogP contribution < -0.4 is 4.90 Å². The van der Waals surface area contributed by atoms with Crippen LogP contribution >= 0.6 is 0 Å². The highest BCUT2D eigenvalue weighted by atomic mass is 15.1. The highest BCUT2D eigenvalue weighted by Crippen LogP contribution is 2.54. The third-order valence-corrected chi connectivity index (χ3v) is 11.5. The van der Waals surface area contributed by atoms with Gasteiger partial charge in [0, 0.05) is 22.4 Å². The van der Waals surface area contributed by atoms with Crippen LogP contribution in [-0.2, 0) is 5.41 Å². The Bertz CT molecular complexity index is 2840. The number of hydrogen-bond donors (Lipinski definition) is 0. The normalized spacial score (nSPS) is 12.8. The number of anilines is 3. The lowest BCUT2D eigenvalue weighted by atomic mass is 9.81. The molecule has 9 aromatic rings. The molecule has 256 valence electrons. The molecule has 0 saturated heterocycles. The van der Waals surface area contributed by atoms with Gasteiger partial charge in [0.2, 0.25) is 0 Å². The van der Waals surface area contributed by atoms with Crippen molar-refractivity contribution in [1.82, 2.24) is 0 Å². The summed E-state index contributed by atoms with van der Waals surface area (Å²) >= 11 is 0. The van der Waals surface area contributed by atoms with E-state index in [-0.39, 0.29) is 5.41 Å². The van der Waals surface area contributed by atoms with Crippen LogP contribution in [0.5, 0.6) is 0 Å². The molecule has 0 saturated carbocycles. The fraction of sp³-hybridized carbons (Fsp3) is 0.0566. The molecule has 0 fully saturated rings. The summed E-state index contributed by atoms with van der Waals surface area (Å²) in [7, 11) is 0. The fourth-order valence-corrected chi connectivity index (χ4v) is 8.90. The van der Waals surface area contributed by atoms with Crippen LogP contribution in [0.2, 0.25) is 0 Å². The quantitative estimate of drug-likeness (QED) is 0.168. The van der Waals surface area contributed by atoms with Crippen molar-refractivity contribution in [3.63, 3.8) is 0 Å². The number of hydrogen-bond acceptors (Lipinski definition) is 1. The van der Waals surface area contributed by atoms with E-state index in [1.165, 1.54) is 77.2 Å². The zero-order valence-corrected chi connectivity index (χ0v) is 30.5. The van der Waals surface area contributed by atoms with E-state index in [1.54, 1.807) is 0 Å². The van der Waals surface area contributed by atoms with Gasteiger partial charge >= 0.3 is 0 Å². The van der Waals surface area contributed by atoms with E-state index in [4.69, 9.17) is 0 Å². The molecule has 0 aromatic heterocycles. The molecule has 1 nitrogen and oxygen atoms in total. The molecular weight excluding hydrogens is 651 g/mol. The molecule has 0 bridgehead atoms. The summed E-state index contributed by atoms with van der Waals surface area (Å²) in [4.78, 5) is 2.45. The van der Waals surface area contributed by atoms with Crippen molar-refractivity contribution in [3.8, 4) is 44.5 Å². The predicted octanol–water partition coefficient (Wildman–Crippen LogP) is 14.8. The smallest absolute Gasteiger partial charge is 0.0540 e. The van der Waals surface area contributed by atoms with Crippen LogP contribution in [0.25, 0.3) is 66.1 Å². The van der Waals surface area contributed by atoms with Gasteiger partial charge < -0.3 is 4.90 Å². The summed E-state index contributed by atoms with van der Waals surface area (Å²) in [6.45, 7) is 4.76. The van der Waals surface area contributed by atoms with E-state index in [9.17, 15) is 0 Å². The average Bonchev–Trinajstić information content (AvgIpc) is 3.46. The summed E-state index contributed by atoms with van der Waals surface area (Å²) in [6, 6.07) is 73.4. The van der Waals surface area contributed by atoms with Crippen molar-refractivity contribution in [2.75, 3.05) is 4.90 Å². The van der Waals surface area contributed by atoms with Gasteiger partial charge in [0.05, 0.1) is 5.69 Å². The molecule has 0 N–H and O–H groups in total. The molecule has 10 rings (SSSR count). The van der Waals surface area contributed by atoms with Gasteiger partial charge in [-0.2, -0.15) is 0 Å². The number of para-hydroxylation sites is 2. The maximum Gasteiger partial charge on any atom is 0.0540 e. The molecule has 9 aromatic carbocycles. The van der Waals surface area contributed by atoms with Crippen molar-refractivity contribution in [3.05, 3.63) is 211 Å². The van der Waals surface area contributed by atoms with Gasteiger partial charge in [-0.1, -0.05) is 184 Å². The van der Waals surface area contributed by atoms with Gasteiger partial charge in [0.1, 0.15) is 0 Å². The van der Waals surface area contributed by atoms with Gasteiger partial charge in [-0.05, 0) is 102 Å². The number of fused-ring (bicyclic) bond motifs is 5. The van der Waals surface area contributed by atoms with Crippen molar-refractivity contribution in [1.29, 1.82) is 0 Å². The van der Waals surface area contributed by atoms with E-state index >= 15 is 0 Å². The number of nitrogens with zero attached hydrogens (tertiary/aromatic N) is 1. The first kappa shape index (κ1) is 32.0. The largest absolute Gasteiger partial charge is 0.310 e. The number of benzene rings is 9. The average molecular weight is 690 g/mol. The lowest BCUT2D eigenvalue weighted by Gasteiger charge is -2.30. The summed E-state index contributed by atoms with van der Waals surface area (Å²) in [5.41, 5.74) is 16.0. The van der Waals surface area contributed by atoms with Crippen LogP contribution in [0.3, 0.4) is 0 Å². The lowest BCUT2D eigenvalue weighted by Crippen LogP contribution is -2.17. The van der Waals surface area contributed by atoms with Crippen molar-refractivity contribution >= 4 is 38.6 Å². The van der Waals surface area contributed by atoms with Gasteiger partial charge in [-0.15, -0.1) is 0 Å². The molecule has 0 radical (unpaired) electrons. The van der Waals surface area contributed by atoms with Crippen LogP contribution in [-0.4, -0.2) is 0 Å². The van der Waals surface area contributed by atoms with Gasteiger partial charge in [0.25, 0.3) is 0 Å². The third kappa shape index (κ3) is 5.08. The highest BCUT2D eigenvalue weighted by Gasteiger charge is 2.37. The fourth-order valence-electron chi connectivity index (χ4n) is 8.90. The van der Waals surface area contributed by atoms with Crippen LogP contribution in [0.1, 0.15) is 25.0 Å². The molecule has 1 aliphatic rings. The Morgan fingerprint density at radius 2 is 0.944 bits per heavy atom. The van der Waals surface area contributed by atoms with Crippen LogP contribution in [0.4, 0.5) is 17.1 Å². The summed E-state index contributed by atoms with van der Waals surface area (Å²) < 4.78 is 0. The highest BCUT2D eigenvalue weighted by molar-refractivity contribution is 6.12. The zero-order valence-electron chi connectivity index (χ0n) is 30.5. The standard InChI is InChI=1S/C53H39N/c1-53(2)48-29-16-27-43(37-17-5-3-6-18-37)52(48)47-34-32-40(35-49(47)53)54(39-22-7-4-8-23-39)50-30-14-13-26-44(50)46-33-31-38-20-10-12-25-42(38)51(46)45-28-15-21-36-19-9-11-24-41(36)45/h3-35H,1-2H3. The molecular formula is C53H39N. The van der Waals surface area contributed by atoms with E-state index in [1.807, 2.05) is 0 Å². The number of rotatable bonds is 6. The second-order valence-corrected chi connectivity index (χ2v) is 14.9. The molecule has 1 aliphatic carbocycles. The Labute approximate surface area is 317 Å². The summed E-state index contributed by atoms with van der Waals surface area (Å²) in [6.07, 6.45) is 0. The van der Waals surface area contributed by atoms with Crippen LogP contribution in [0.15, 0.2) is 200 Å². The van der Waals surface area contributed by atoms with Crippen molar-refractivity contribution < 1.29 is 0 Å². The molecule has 0 atom stereocenters. The molecule has 0 spiro atoms. The molecule has 1 heteroatoms. The minimum atomic E-state index is -0.173. The summed E-state index contributed by atoms with van der Waals surface area (Å²) in [5.74, 6) is 0. The first-order chi connectivity index (χ1) is 26.6. The van der Waals surface area contributed by atoms with Gasteiger partial charge in [0.15, 0.2) is 0 Å². The monoisotopic (exact) mass is 689 g/mol. The van der Waals surface area contributed by atoms with E-state index in [0.29, 0.717) is 0 Å². The Kier molecular flexibility index (Phi) is 7.56. The Hall–Kier alpha value is -6.70. The van der Waals surface area contributed by atoms with E-state index in [2.05, 4.69) is 219 Å². The maximum absolute atomic E-state index is 2.45. The minimum Gasteiger partial charge on any atom is -0.310 e. The molecule has 0 heterocycles. The molecule has 0 amide bonds.